The van der Waals surface area contributed by atoms with Gasteiger partial charge in [-0.1, -0.05) is 22.8 Å². The van der Waals surface area contributed by atoms with Crippen LogP contribution >= 0.6 is 11.6 Å². The third-order valence-corrected chi connectivity index (χ3v) is 5.88. The number of aromatic nitrogens is 4. The molecule has 0 spiro atoms. The molecular weight excluding hydrogens is 402 g/mol. The molecule has 0 radical (unpaired) electrons. The highest BCUT2D eigenvalue weighted by molar-refractivity contribution is 7.89. The van der Waals surface area contributed by atoms with Crippen LogP contribution in [0.25, 0.3) is 0 Å². The van der Waals surface area contributed by atoms with E-state index in [9.17, 15) is 8.42 Å². The van der Waals surface area contributed by atoms with E-state index in [2.05, 4.69) is 19.9 Å². The second-order valence-corrected chi connectivity index (χ2v) is 8.13. The normalized spacial score (nSPS) is 12.7. The summed E-state index contributed by atoms with van der Waals surface area (Å²) in [4.78, 5) is 4.21. The number of nitrogens with zero attached hydrogens (tertiary/aromatic N) is 4. The summed E-state index contributed by atoms with van der Waals surface area (Å²) >= 11 is 5.87. The largest absolute Gasteiger partial charge is 0.467 e. The van der Waals surface area contributed by atoms with E-state index in [4.69, 9.17) is 16.3 Å². The number of sulfonamides is 1. The van der Waals surface area contributed by atoms with Crippen LogP contribution in [0.4, 0.5) is 0 Å². The molecule has 1 aromatic carbocycles. The van der Waals surface area contributed by atoms with Crippen molar-refractivity contribution in [2.45, 2.75) is 30.8 Å². The van der Waals surface area contributed by atoms with E-state index >= 15 is 0 Å². The van der Waals surface area contributed by atoms with Crippen molar-refractivity contribution in [3.63, 3.8) is 0 Å². The van der Waals surface area contributed by atoms with E-state index in [1.54, 1.807) is 23.0 Å². The van der Waals surface area contributed by atoms with Gasteiger partial charge in [0.25, 0.3) is 0 Å². The van der Waals surface area contributed by atoms with Crippen LogP contribution < -0.4 is 9.46 Å². The van der Waals surface area contributed by atoms with Crippen LogP contribution in [0.3, 0.4) is 0 Å². The van der Waals surface area contributed by atoms with Crippen LogP contribution in [0.5, 0.6) is 6.01 Å². The molecule has 10 heteroatoms. The van der Waals surface area contributed by atoms with Crippen molar-refractivity contribution in [2.75, 3.05) is 7.11 Å². The summed E-state index contributed by atoms with van der Waals surface area (Å²) < 4.78 is 35.6. The predicted molar refractivity (Wildman–Crippen MR) is 105 cm³/mol. The number of halogens is 1. The first-order valence-electron chi connectivity index (χ1n) is 8.58. The van der Waals surface area contributed by atoms with Gasteiger partial charge in [0.2, 0.25) is 10.0 Å². The second-order valence-electron chi connectivity index (χ2n) is 5.98. The van der Waals surface area contributed by atoms with E-state index in [1.807, 2.05) is 13.0 Å². The number of benzene rings is 1. The van der Waals surface area contributed by atoms with E-state index < -0.39 is 16.1 Å². The van der Waals surface area contributed by atoms with Gasteiger partial charge < -0.3 is 4.74 Å². The van der Waals surface area contributed by atoms with Crippen LogP contribution in [0.1, 0.15) is 24.4 Å². The molecule has 0 saturated heterocycles. The molecule has 0 saturated carbocycles. The highest BCUT2D eigenvalue weighted by atomic mass is 35.5. The van der Waals surface area contributed by atoms with E-state index in [-0.39, 0.29) is 4.90 Å². The average molecular weight is 422 g/mol. The molecule has 2 aromatic heterocycles. The Morgan fingerprint density at radius 1 is 1.21 bits per heavy atom. The summed E-state index contributed by atoms with van der Waals surface area (Å²) in [5.41, 5.74) is 0.857. The lowest BCUT2D eigenvalue weighted by atomic mass is 10.1. The number of methoxy groups -OCH3 is 1. The summed E-state index contributed by atoms with van der Waals surface area (Å²) in [7, 11) is -2.32. The van der Waals surface area contributed by atoms with Gasteiger partial charge in [-0.2, -0.15) is 0 Å². The van der Waals surface area contributed by atoms with Gasteiger partial charge in [0.15, 0.2) is 5.82 Å². The quantitative estimate of drug-likeness (QED) is 0.600. The highest BCUT2D eigenvalue weighted by Crippen LogP contribution is 2.23. The molecule has 0 amide bonds. The molecule has 0 fully saturated rings. The Balaban J connectivity index is 1.99. The van der Waals surface area contributed by atoms with E-state index in [1.165, 1.54) is 31.4 Å². The number of rotatable bonds is 8. The lowest BCUT2D eigenvalue weighted by Gasteiger charge is -2.19. The van der Waals surface area contributed by atoms with Crippen molar-refractivity contribution in [1.29, 1.82) is 0 Å². The summed E-state index contributed by atoms with van der Waals surface area (Å²) in [5.74, 6) is 0.459. The third-order valence-electron chi connectivity index (χ3n) is 4.14. The zero-order chi connectivity index (χ0) is 20.1. The molecule has 3 aromatic rings. The van der Waals surface area contributed by atoms with Gasteiger partial charge in [-0.25, -0.2) is 13.1 Å². The maximum Gasteiger partial charge on any atom is 0.316 e. The van der Waals surface area contributed by atoms with Gasteiger partial charge >= 0.3 is 6.01 Å². The molecule has 1 N–H and O–H groups in total. The Morgan fingerprint density at radius 3 is 2.57 bits per heavy atom. The minimum Gasteiger partial charge on any atom is -0.467 e. The maximum atomic E-state index is 12.9. The molecule has 0 aliphatic carbocycles. The highest BCUT2D eigenvalue weighted by Gasteiger charge is 2.27. The van der Waals surface area contributed by atoms with Gasteiger partial charge in [0, 0.05) is 24.0 Å². The molecule has 1 unspecified atom stereocenters. The summed E-state index contributed by atoms with van der Waals surface area (Å²) in [6, 6.07) is 9.30. The Kier molecular flexibility index (Phi) is 6.28. The first-order valence-corrected chi connectivity index (χ1v) is 10.4. The second kappa shape index (κ2) is 8.68. The number of ether oxygens (including phenoxy) is 1. The number of nitrogens with one attached hydrogen (secondary N) is 1. The van der Waals surface area contributed by atoms with Crippen molar-refractivity contribution < 1.29 is 13.2 Å². The standard InChI is InChI=1S/C18H20ClN5O3S/c1-3-24-17(21-22-18(24)27-2)16(11-13-5-4-10-20-12-13)23-28(25,26)15-8-6-14(19)7-9-15/h4-10,12,16,23H,3,11H2,1-2H3. The lowest BCUT2D eigenvalue weighted by molar-refractivity contribution is 0.354. The van der Waals surface area contributed by atoms with Gasteiger partial charge in [-0.15, -0.1) is 5.10 Å². The van der Waals surface area contributed by atoms with Gasteiger partial charge in [0.05, 0.1) is 18.0 Å². The zero-order valence-corrected chi connectivity index (χ0v) is 17.0. The lowest BCUT2D eigenvalue weighted by Crippen LogP contribution is -2.32. The van der Waals surface area contributed by atoms with Crippen molar-refractivity contribution in [1.82, 2.24) is 24.5 Å². The van der Waals surface area contributed by atoms with Crippen molar-refractivity contribution in [3.05, 3.63) is 65.2 Å². The fourth-order valence-electron chi connectivity index (χ4n) is 2.82. The SMILES string of the molecule is CCn1c(OC)nnc1C(Cc1cccnc1)NS(=O)(=O)c1ccc(Cl)cc1. The van der Waals surface area contributed by atoms with Crippen molar-refractivity contribution >= 4 is 21.6 Å². The van der Waals surface area contributed by atoms with Gasteiger partial charge in [-0.3, -0.25) is 9.55 Å². The minimum atomic E-state index is -3.82. The molecular formula is C18H20ClN5O3S. The monoisotopic (exact) mass is 421 g/mol. The molecule has 0 aliphatic rings. The third kappa shape index (κ3) is 4.49. The average Bonchev–Trinajstić information content (AvgIpc) is 3.11. The Hall–Kier alpha value is -2.49. The Bertz CT molecular complexity index is 1020. The number of pyridine rings is 1. The first kappa shape index (κ1) is 20.2. The fraction of sp³-hybridized carbons (Fsp3) is 0.278. The maximum absolute atomic E-state index is 12.9. The van der Waals surface area contributed by atoms with E-state index in [0.29, 0.717) is 29.8 Å². The zero-order valence-electron chi connectivity index (χ0n) is 15.4. The fourth-order valence-corrected chi connectivity index (χ4v) is 4.14. The summed E-state index contributed by atoms with van der Waals surface area (Å²) in [6.07, 6.45) is 3.70. The van der Waals surface area contributed by atoms with Gasteiger partial charge in [0.1, 0.15) is 0 Å². The van der Waals surface area contributed by atoms with Crippen LogP contribution in [-0.4, -0.2) is 35.3 Å². The molecule has 148 valence electrons. The van der Waals surface area contributed by atoms with E-state index in [0.717, 1.165) is 5.56 Å². The topological polar surface area (TPSA) is 99.0 Å². The van der Waals surface area contributed by atoms with Crippen LogP contribution in [0.15, 0.2) is 53.7 Å². The predicted octanol–water partition coefficient (Wildman–Crippen LogP) is 2.62. The van der Waals surface area contributed by atoms with Crippen LogP contribution in [0.2, 0.25) is 5.02 Å². The summed E-state index contributed by atoms with van der Waals surface area (Å²) in [6.45, 7) is 2.43. The number of hydrogen-bond acceptors (Lipinski definition) is 6. The molecule has 0 aliphatic heterocycles. The smallest absolute Gasteiger partial charge is 0.316 e. The number of hydrogen-bond donors (Lipinski definition) is 1. The van der Waals surface area contributed by atoms with Crippen LogP contribution in [-0.2, 0) is 23.0 Å². The summed E-state index contributed by atoms with van der Waals surface area (Å²) in [5, 5.41) is 8.63. The van der Waals surface area contributed by atoms with Crippen molar-refractivity contribution in [2.24, 2.45) is 0 Å². The van der Waals surface area contributed by atoms with Crippen LogP contribution in [0, 0.1) is 0 Å². The molecule has 3 rings (SSSR count). The minimum absolute atomic E-state index is 0.114. The van der Waals surface area contributed by atoms with Crippen molar-refractivity contribution in [3.8, 4) is 6.01 Å². The molecule has 1 atom stereocenters. The Labute approximate surface area is 168 Å². The molecule has 0 bridgehead atoms. The molecule has 8 nitrogen and oxygen atoms in total. The Morgan fingerprint density at radius 2 is 1.96 bits per heavy atom. The first-order chi connectivity index (χ1) is 13.4. The van der Waals surface area contributed by atoms with Gasteiger partial charge in [-0.05, 0) is 49.2 Å². The molecule has 2 heterocycles. The molecule has 28 heavy (non-hydrogen) atoms.